The van der Waals surface area contributed by atoms with Crippen molar-refractivity contribution in [3.63, 3.8) is 0 Å². The predicted molar refractivity (Wildman–Crippen MR) is 87.5 cm³/mol. The quantitative estimate of drug-likeness (QED) is 0.845. The van der Waals surface area contributed by atoms with Crippen molar-refractivity contribution >= 4 is 17.7 Å². The van der Waals surface area contributed by atoms with Gasteiger partial charge in [-0.2, -0.15) is 0 Å². The van der Waals surface area contributed by atoms with E-state index in [2.05, 4.69) is 9.97 Å². The fourth-order valence-electron chi connectivity index (χ4n) is 3.19. The van der Waals surface area contributed by atoms with Crippen molar-refractivity contribution in [2.75, 3.05) is 18.8 Å². The average molecular weight is 348 g/mol. The maximum absolute atomic E-state index is 13.6. The van der Waals surface area contributed by atoms with E-state index < -0.39 is 5.82 Å². The lowest BCUT2D eigenvalue weighted by molar-refractivity contribution is 0.0508. The maximum atomic E-state index is 13.6. The summed E-state index contributed by atoms with van der Waals surface area (Å²) in [4.78, 5) is 22.2. The maximum Gasteiger partial charge on any atom is 0.274 e. The second-order valence-corrected chi connectivity index (χ2v) is 7.80. The summed E-state index contributed by atoms with van der Waals surface area (Å²) in [5.74, 6) is 0.355. The van der Waals surface area contributed by atoms with Crippen LogP contribution in [-0.2, 0) is 7.05 Å². The monoisotopic (exact) mass is 348 g/mol. The van der Waals surface area contributed by atoms with Gasteiger partial charge in [-0.25, -0.2) is 14.4 Å². The number of aryl methyl sites for hydroxylation is 1. The zero-order valence-corrected chi connectivity index (χ0v) is 14.0. The summed E-state index contributed by atoms with van der Waals surface area (Å²) < 4.78 is 21.1. The van der Waals surface area contributed by atoms with E-state index in [0.717, 1.165) is 12.2 Å². The number of amides is 1. The molecular weight excluding hydrogens is 331 g/mol. The first-order valence-corrected chi connectivity index (χ1v) is 8.72. The predicted octanol–water partition coefficient (Wildman–Crippen LogP) is 1.73. The normalized spacial score (nSPS) is 21.8. The van der Waals surface area contributed by atoms with Crippen LogP contribution in [-0.4, -0.2) is 55.0 Å². The van der Waals surface area contributed by atoms with Crippen LogP contribution in [0.15, 0.2) is 30.9 Å². The Labute approximate surface area is 143 Å². The molecule has 6 nitrogen and oxygen atoms in total. The van der Waals surface area contributed by atoms with Crippen LogP contribution in [0.3, 0.4) is 0 Å². The molecule has 4 heterocycles. The molecule has 0 unspecified atom stereocenters. The third kappa shape index (κ3) is 2.75. The van der Waals surface area contributed by atoms with Crippen molar-refractivity contribution in [2.45, 2.75) is 17.3 Å². The van der Waals surface area contributed by atoms with Crippen LogP contribution < -0.4 is 4.74 Å². The lowest BCUT2D eigenvalue weighted by Crippen LogP contribution is -2.60. The van der Waals surface area contributed by atoms with Gasteiger partial charge in [-0.1, -0.05) is 0 Å². The van der Waals surface area contributed by atoms with Gasteiger partial charge in [0.25, 0.3) is 11.8 Å². The average Bonchev–Trinajstić information content (AvgIpc) is 3.14. The molecule has 0 aromatic carbocycles. The number of aromatic nitrogens is 3. The van der Waals surface area contributed by atoms with E-state index >= 15 is 0 Å². The minimum Gasteiger partial charge on any atom is -0.471 e. The number of likely N-dealkylation sites (tertiary alicyclic amines) is 1. The van der Waals surface area contributed by atoms with E-state index in [1.807, 2.05) is 7.05 Å². The number of nitrogens with zero attached hydrogens (tertiary/aromatic N) is 4. The summed E-state index contributed by atoms with van der Waals surface area (Å²) in [6, 6.07) is 2.89. The van der Waals surface area contributed by atoms with E-state index in [1.165, 1.54) is 12.3 Å². The Morgan fingerprint density at radius 1 is 1.46 bits per heavy atom. The van der Waals surface area contributed by atoms with Gasteiger partial charge in [0.2, 0.25) is 0 Å². The Balaban J connectivity index is 1.35. The number of hydrogen-bond acceptors (Lipinski definition) is 5. The summed E-state index contributed by atoms with van der Waals surface area (Å²) >= 11 is 1.79. The summed E-state index contributed by atoms with van der Waals surface area (Å²) in [5.41, 5.74) is 0.471. The first-order chi connectivity index (χ1) is 11.5. The molecule has 4 rings (SSSR count). The first kappa shape index (κ1) is 15.4. The Kier molecular flexibility index (Phi) is 3.71. The van der Waals surface area contributed by atoms with Gasteiger partial charge in [0, 0.05) is 44.7 Å². The Hall–Kier alpha value is -2.09. The third-order valence-electron chi connectivity index (χ3n) is 4.35. The number of hydrogen-bond donors (Lipinski definition) is 0. The molecule has 2 aromatic rings. The SMILES string of the molecule is Cn1cnc(C(=O)N2CC3(C[C@H](Oc4ncccc4F)CS3)C2)c1. The summed E-state index contributed by atoms with van der Waals surface area (Å²) in [7, 11) is 1.84. The lowest BCUT2D eigenvalue weighted by atomic mass is 9.92. The lowest BCUT2D eigenvalue weighted by Gasteiger charge is -2.47. The number of ether oxygens (including phenoxy) is 1. The highest BCUT2D eigenvalue weighted by atomic mass is 32.2. The summed E-state index contributed by atoms with van der Waals surface area (Å²) in [6.45, 7) is 1.36. The molecule has 0 N–H and O–H groups in total. The van der Waals surface area contributed by atoms with Gasteiger partial charge in [-0.3, -0.25) is 4.79 Å². The van der Waals surface area contributed by atoms with Crippen molar-refractivity contribution in [2.24, 2.45) is 7.05 Å². The second kappa shape index (κ2) is 5.77. The molecule has 0 aliphatic carbocycles. The smallest absolute Gasteiger partial charge is 0.274 e. The number of pyridine rings is 1. The van der Waals surface area contributed by atoms with Crippen molar-refractivity contribution < 1.29 is 13.9 Å². The molecule has 2 saturated heterocycles. The zero-order chi connectivity index (χ0) is 16.7. The van der Waals surface area contributed by atoms with Crippen LogP contribution in [0, 0.1) is 5.82 Å². The number of carbonyl (C=O) groups excluding carboxylic acids is 1. The largest absolute Gasteiger partial charge is 0.471 e. The molecule has 1 atom stereocenters. The molecule has 8 heteroatoms. The highest BCUT2D eigenvalue weighted by molar-refractivity contribution is 8.01. The highest BCUT2D eigenvalue weighted by Crippen LogP contribution is 2.46. The van der Waals surface area contributed by atoms with Crippen molar-refractivity contribution in [1.82, 2.24) is 19.4 Å². The minimum atomic E-state index is -0.441. The van der Waals surface area contributed by atoms with Gasteiger partial charge in [-0.15, -0.1) is 11.8 Å². The van der Waals surface area contributed by atoms with Crippen molar-refractivity contribution in [1.29, 1.82) is 0 Å². The van der Waals surface area contributed by atoms with Gasteiger partial charge in [-0.05, 0) is 12.1 Å². The fraction of sp³-hybridized carbons (Fsp3) is 0.438. The second-order valence-electron chi connectivity index (χ2n) is 6.31. The van der Waals surface area contributed by atoms with Crippen LogP contribution >= 0.6 is 11.8 Å². The van der Waals surface area contributed by atoms with E-state index in [9.17, 15) is 9.18 Å². The van der Waals surface area contributed by atoms with E-state index in [4.69, 9.17) is 4.74 Å². The molecule has 24 heavy (non-hydrogen) atoms. The van der Waals surface area contributed by atoms with Crippen LogP contribution in [0.4, 0.5) is 4.39 Å². The minimum absolute atomic E-state index is 0.0142. The molecule has 0 bridgehead atoms. The molecule has 1 amide bonds. The number of rotatable bonds is 3. The number of halogens is 1. The van der Waals surface area contributed by atoms with Gasteiger partial charge < -0.3 is 14.2 Å². The molecule has 2 aliphatic heterocycles. The molecular formula is C16H17FN4O2S. The van der Waals surface area contributed by atoms with Crippen molar-refractivity contribution in [3.8, 4) is 5.88 Å². The fourth-order valence-corrected chi connectivity index (χ4v) is 4.72. The molecule has 0 saturated carbocycles. The van der Waals surface area contributed by atoms with E-state index in [-0.39, 0.29) is 22.6 Å². The highest BCUT2D eigenvalue weighted by Gasteiger charge is 2.51. The number of carbonyl (C=O) groups is 1. The van der Waals surface area contributed by atoms with Gasteiger partial charge in [0.1, 0.15) is 11.8 Å². The van der Waals surface area contributed by atoms with Crippen molar-refractivity contribution in [3.05, 3.63) is 42.4 Å². The zero-order valence-electron chi connectivity index (χ0n) is 13.2. The van der Waals surface area contributed by atoms with Gasteiger partial charge >= 0.3 is 0 Å². The molecule has 126 valence electrons. The Morgan fingerprint density at radius 2 is 2.29 bits per heavy atom. The topological polar surface area (TPSA) is 60.2 Å². The Morgan fingerprint density at radius 3 is 3.00 bits per heavy atom. The molecule has 2 aromatic heterocycles. The number of imidazole rings is 1. The Bertz CT molecular complexity index is 775. The molecule has 1 spiro atoms. The summed E-state index contributed by atoms with van der Waals surface area (Å²) in [6.07, 6.45) is 5.59. The van der Waals surface area contributed by atoms with Crippen LogP contribution in [0.5, 0.6) is 5.88 Å². The van der Waals surface area contributed by atoms with Gasteiger partial charge in [0.15, 0.2) is 5.82 Å². The summed E-state index contributed by atoms with van der Waals surface area (Å²) in [5, 5.41) is 0. The van der Waals surface area contributed by atoms with Crippen LogP contribution in [0.25, 0.3) is 0 Å². The standard InChI is InChI=1S/C16H17FN4O2S/c1-20-6-13(19-10-20)15(22)21-8-16(9-21)5-11(7-24-16)23-14-12(17)3-2-4-18-14/h2-4,6,10-11H,5,7-9H2,1H3/t11-/m0/s1. The van der Waals surface area contributed by atoms with Crippen LogP contribution in [0.2, 0.25) is 0 Å². The molecule has 2 aliphatic rings. The molecule has 2 fully saturated rings. The first-order valence-electron chi connectivity index (χ1n) is 7.73. The van der Waals surface area contributed by atoms with E-state index in [0.29, 0.717) is 18.8 Å². The van der Waals surface area contributed by atoms with Gasteiger partial charge in [0.05, 0.1) is 11.1 Å². The number of thioether (sulfide) groups is 1. The molecule has 0 radical (unpaired) electrons. The van der Waals surface area contributed by atoms with E-state index in [1.54, 1.807) is 39.8 Å². The third-order valence-corrected chi connectivity index (χ3v) is 5.92. The van der Waals surface area contributed by atoms with Crippen LogP contribution in [0.1, 0.15) is 16.9 Å².